The zero-order valence-electron chi connectivity index (χ0n) is 13.2. The van der Waals surface area contributed by atoms with E-state index in [1.54, 1.807) is 17.0 Å². The fraction of sp³-hybridized carbons (Fsp3) is 0.500. The normalized spacial score (nSPS) is 22.5. The van der Waals surface area contributed by atoms with Crippen molar-refractivity contribution < 1.29 is 14.0 Å². The minimum Gasteiger partial charge on any atom is -0.333 e. The predicted molar refractivity (Wildman–Crippen MR) is 84.8 cm³/mol. The van der Waals surface area contributed by atoms with Crippen LogP contribution >= 0.6 is 0 Å². The van der Waals surface area contributed by atoms with Gasteiger partial charge in [0.2, 0.25) is 5.91 Å². The van der Waals surface area contributed by atoms with Gasteiger partial charge in [-0.15, -0.1) is 0 Å². The van der Waals surface area contributed by atoms with Crippen LogP contribution in [0.1, 0.15) is 6.42 Å². The lowest BCUT2D eigenvalue weighted by atomic mass is 10.2. The van der Waals surface area contributed by atoms with Crippen molar-refractivity contribution in [1.82, 2.24) is 15.1 Å². The number of amides is 3. The first-order valence-electron chi connectivity index (χ1n) is 7.83. The van der Waals surface area contributed by atoms with E-state index in [1.165, 1.54) is 17.0 Å². The molecule has 23 heavy (non-hydrogen) atoms. The molecule has 1 N–H and O–H groups in total. The minimum atomic E-state index is -0.375. The van der Waals surface area contributed by atoms with Gasteiger partial charge in [0.1, 0.15) is 5.82 Å². The Labute approximate surface area is 134 Å². The summed E-state index contributed by atoms with van der Waals surface area (Å²) in [5.74, 6) is -0.473. The smallest absolute Gasteiger partial charge is 0.317 e. The Balaban J connectivity index is 1.58. The number of benzene rings is 1. The number of hydrogen-bond donors (Lipinski definition) is 1. The topological polar surface area (TPSA) is 55.9 Å². The van der Waals surface area contributed by atoms with E-state index in [2.05, 4.69) is 10.2 Å². The Hall–Kier alpha value is -2.15. The van der Waals surface area contributed by atoms with Crippen LogP contribution in [0.2, 0.25) is 0 Å². The summed E-state index contributed by atoms with van der Waals surface area (Å²) in [4.78, 5) is 29.9. The highest BCUT2D eigenvalue weighted by molar-refractivity contribution is 5.96. The number of rotatable bonds is 2. The highest BCUT2D eigenvalue weighted by atomic mass is 19.1. The van der Waals surface area contributed by atoms with Gasteiger partial charge in [-0.25, -0.2) is 9.18 Å². The maximum absolute atomic E-state index is 13.3. The molecule has 0 spiro atoms. The zero-order chi connectivity index (χ0) is 16.4. The van der Waals surface area contributed by atoms with Crippen molar-refractivity contribution in [2.24, 2.45) is 0 Å². The van der Waals surface area contributed by atoms with Crippen molar-refractivity contribution in [1.29, 1.82) is 0 Å². The molecule has 2 saturated heterocycles. The van der Waals surface area contributed by atoms with Gasteiger partial charge in [-0.05, 0) is 25.2 Å². The summed E-state index contributed by atoms with van der Waals surface area (Å²) in [6.07, 6.45) is 0.246. The van der Waals surface area contributed by atoms with Gasteiger partial charge in [0, 0.05) is 44.8 Å². The standard InChI is InChI=1S/C16H21FN4O2/c1-19-5-7-20(8-6-19)16(23)18-13-10-15(22)21(11-13)14-4-2-3-12(17)9-14/h2-4,9,13H,5-8,10-11H2,1H3,(H,18,23)/t13-/m1/s1. The van der Waals surface area contributed by atoms with Gasteiger partial charge in [0.25, 0.3) is 0 Å². The van der Waals surface area contributed by atoms with Crippen LogP contribution in [-0.2, 0) is 4.79 Å². The highest BCUT2D eigenvalue weighted by Crippen LogP contribution is 2.22. The number of carbonyl (C=O) groups is 2. The van der Waals surface area contributed by atoms with E-state index in [0.717, 1.165) is 13.1 Å². The van der Waals surface area contributed by atoms with Gasteiger partial charge in [-0.2, -0.15) is 0 Å². The fourth-order valence-corrected chi connectivity index (χ4v) is 2.97. The zero-order valence-corrected chi connectivity index (χ0v) is 13.2. The van der Waals surface area contributed by atoms with Crippen molar-refractivity contribution in [3.8, 4) is 0 Å². The van der Waals surface area contributed by atoms with Gasteiger partial charge in [-0.3, -0.25) is 4.79 Å². The lowest BCUT2D eigenvalue weighted by molar-refractivity contribution is -0.117. The third-order valence-electron chi connectivity index (χ3n) is 4.36. The first kappa shape index (κ1) is 15.7. The van der Waals surface area contributed by atoms with Crippen LogP contribution in [-0.4, -0.2) is 67.6 Å². The number of urea groups is 1. The molecular formula is C16H21FN4O2. The molecule has 7 heteroatoms. The maximum atomic E-state index is 13.3. The van der Waals surface area contributed by atoms with Crippen LogP contribution in [0.3, 0.4) is 0 Å². The molecule has 0 aromatic heterocycles. The summed E-state index contributed by atoms with van der Waals surface area (Å²) in [6.45, 7) is 3.47. The average molecular weight is 320 g/mol. The summed E-state index contributed by atoms with van der Waals surface area (Å²) in [5, 5.41) is 2.92. The summed E-state index contributed by atoms with van der Waals surface area (Å²) in [7, 11) is 2.03. The second-order valence-corrected chi connectivity index (χ2v) is 6.13. The molecule has 2 aliphatic rings. The van der Waals surface area contributed by atoms with Crippen LogP contribution in [0.4, 0.5) is 14.9 Å². The third kappa shape index (κ3) is 3.61. The average Bonchev–Trinajstić information content (AvgIpc) is 2.88. The molecule has 1 atom stereocenters. The number of carbonyl (C=O) groups excluding carboxylic acids is 2. The Morgan fingerprint density at radius 2 is 2.00 bits per heavy atom. The molecule has 2 heterocycles. The van der Waals surface area contributed by atoms with Gasteiger partial charge >= 0.3 is 6.03 Å². The molecule has 6 nitrogen and oxygen atoms in total. The van der Waals surface area contributed by atoms with E-state index < -0.39 is 0 Å². The highest BCUT2D eigenvalue weighted by Gasteiger charge is 2.33. The predicted octanol–water partition coefficient (Wildman–Crippen LogP) is 0.888. The van der Waals surface area contributed by atoms with Gasteiger partial charge < -0.3 is 20.0 Å². The van der Waals surface area contributed by atoms with Gasteiger partial charge in [-0.1, -0.05) is 6.07 Å². The van der Waals surface area contributed by atoms with E-state index in [9.17, 15) is 14.0 Å². The summed E-state index contributed by atoms with van der Waals surface area (Å²) in [5.41, 5.74) is 0.534. The van der Waals surface area contributed by atoms with Crippen LogP contribution in [0.15, 0.2) is 24.3 Å². The molecule has 2 aliphatic heterocycles. The lowest BCUT2D eigenvalue weighted by Gasteiger charge is -2.33. The Morgan fingerprint density at radius 3 is 2.70 bits per heavy atom. The van der Waals surface area contributed by atoms with Crippen molar-refractivity contribution in [3.05, 3.63) is 30.1 Å². The minimum absolute atomic E-state index is 0.0979. The summed E-state index contributed by atoms with van der Waals surface area (Å²) in [6, 6.07) is 5.59. The molecule has 0 unspecified atom stereocenters. The van der Waals surface area contributed by atoms with E-state index in [0.29, 0.717) is 25.3 Å². The van der Waals surface area contributed by atoms with Crippen LogP contribution < -0.4 is 10.2 Å². The molecule has 1 aromatic carbocycles. The number of nitrogens with zero attached hydrogens (tertiary/aromatic N) is 3. The molecule has 0 bridgehead atoms. The van der Waals surface area contributed by atoms with E-state index in [4.69, 9.17) is 0 Å². The molecule has 0 radical (unpaired) electrons. The van der Waals surface area contributed by atoms with Crippen molar-refractivity contribution in [2.45, 2.75) is 12.5 Å². The van der Waals surface area contributed by atoms with E-state index >= 15 is 0 Å². The lowest BCUT2D eigenvalue weighted by Crippen LogP contribution is -2.52. The molecular weight excluding hydrogens is 299 g/mol. The molecule has 2 fully saturated rings. The van der Waals surface area contributed by atoms with Crippen LogP contribution in [0, 0.1) is 5.82 Å². The number of piperazine rings is 1. The number of likely N-dealkylation sites (N-methyl/N-ethyl adjacent to an activating group) is 1. The Morgan fingerprint density at radius 1 is 1.26 bits per heavy atom. The van der Waals surface area contributed by atoms with Gasteiger partial charge in [0.05, 0.1) is 6.04 Å². The van der Waals surface area contributed by atoms with E-state index in [1.807, 2.05) is 7.05 Å². The number of nitrogens with one attached hydrogen (secondary N) is 1. The molecule has 3 amide bonds. The largest absolute Gasteiger partial charge is 0.333 e. The first-order chi connectivity index (χ1) is 11.0. The molecule has 1 aromatic rings. The molecule has 0 saturated carbocycles. The summed E-state index contributed by atoms with van der Waals surface area (Å²) >= 11 is 0. The Bertz CT molecular complexity index is 601. The second kappa shape index (κ2) is 6.54. The molecule has 124 valence electrons. The van der Waals surface area contributed by atoms with Crippen LogP contribution in [0.25, 0.3) is 0 Å². The second-order valence-electron chi connectivity index (χ2n) is 6.13. The van der Waals surface area contributed by atoms with Crippen LogP contribution in [0.5, 0.6) is 0 Å². The number of hydrogen-bond acceptors (Lipinski definition) is 3. The number of anilines is 1. The monoisotopic (exact) mass is 320 g/mol. The van der Waals surface area contributed by atoms with Crippen molar-refractivity contribution in [3.63, 3.8) is 0 Å². The summed E-state index contributed by atoms with van der Waals surface area (Å²) < 4.78 is 13.3. The van der Waals surface area contributed by atoms with E-state index in [-0.39, 0.29) is 30.2 Å². The van der Waals surface area contributed by atoms with Gasteiger partial charge in [0.15, 0.2) is 0 Å². The maximum Gasteiger partial charge on any atom is 0.317 e. The first-order valence-corrected chi connectivity index (χ1v) is 7.83. The Kier molecular flexibility index (Phi) is 4.47. The molecule has 0 aliphatic carbocycles. The van der Waals surface area contributed by atoms with Crippen molar-refractivity contribution >= 4 is 17.6 Å². The van der Waals surface area contributed by atoms with Crippen molar-refractivity contribution in [2.75, 3.05) is 44.7 Å². The quantitative estimate of drug-likeness (QED) is 0.880. The SMILES string of the molecule is CN1CCN(C(=O)N[C@@H]2CC(=O)N(c3cccc(F)c3)C2)CC1. The fourth-order valence-electron chi connectivity index (χ4n) is 2.97. The third-order valence-corrected chi connectivity index (χ3v) is 4.36. The molecule has 3 rings (SSSR count). The number of halogens is 1.